The van der Waals surface area contributed by atoms with Crippen molar-refractivity contribution < 1.29 is 15.0 Å². The van der Waals surface area contributed by atoms with Gasteiger partial charge in [-0.3, -0.25) is 0 Å². The fourth-order valence-corrected chi connectivity index (χ4v) is 0.935. The van der Waals surface area contributed by atoms with Gasteiger partial charge in [0.05, 0.1) is 13.2 Å². The Balaban J connectivity index is 4.13. The van der Waals surface area contributed by atoms with E-state index in [1.807, 2.05) is 13.8 Å². The Labute approximate surface area is 90.4 Å². The van der Waals surface area contributed by atoms with Gasteiger partial charge in [-0.1, -0.05) is 12.5 Å². The molecule has 0 radical (unpaired) electrons. The maximum Gasteiger partial charge on any atom is 0.321 e. The average Bonchev–Trinajstić information content (AvgIpc) is 2.25. The van der Waals surface area contributed by atoms with Gasteiger partial charge in [0.25, 0.3) is 0 Å². The van der Waals surface area contributed by atoms with Gasteiger partial charge in [-0.15, -0.1) is 0 Å². The van der Waals surface area contributed by atoms with Crippen LogP contribution in [0.2, 0.25) is 0 Å². The van der Waals surface area contributed by atoms with Crippen LogP contribution in [0.4, 0.5) is 4.79 Å². The third-order valence-corrected chi connectivity index (χ3v) is 2.03. The molecule has 5 heteroatoms. The van der Waals surface area contributed by atoms with E-state index in [-0.39, 0.29) is 32.3 Å². The van der Waals surface area contributed by atoms with E-state index in [1.54, 1.807) is 6.20 Å². The van der Waals surface area contributed by atoms with Crippen LogP contribution in [-0.4, -0.2) is 47.4 Å². The fourth-order valence-electron chi connectivity index (χ4n) is 0.935. The first-order valence-electron chi connectivity index (χ1n) is 5.08. The molecule has 0 spiro atoms. The first-order chi connectivity index (χ1) is 7.15. The molecular formula is C10H20N2O3. The van der Waals surface area contributed by atoms with Crippen molar-refractivity contribution in [1.82, 2.24) is 10.2 Å². The quantitative estimate of drug-likeness (QED) is 0.598. The van der Waals surface area contributed by atoms with Crippen molar-refractivity contribution in [1.29, 1.82) is 0 Å². The van der Waals surface area contributed by atoms with Crippen molar-refractivity contribution in [2.75, 3.05) is 26.3 Å². The first-order valence-corrected chi connectivity index (χ1v) is 5.08. The van der Waals surface area contributed by atoms with E-state index in [2.05, 4.69) is 5.32 Å². The highest BCUT2D eigenvalue weighted by Gasteiger charge is 2.10. The summed E-state index contributed by atoms with van der Waals surface area (Å²) in [7, 11) is 0. The Morgan fingerprint density at radius 2 is 1.87 bits per heavy atom. The summed E-state index contributed by atoms with van der Waals surface area (Å²) in [5.41, 5.74) is 1.07. The highest BCUT2D eigenvalue weighted by Crippen LogP contribution is 1.96. The smallest absolute Gasteiger partial charge is 0.321 e. The van der Waals surface area contributed by atoms with Gasteiger partial charge >= 0.3 is 6.03 Å². The molecule has 0 atom stereocenters. The zero-order chi connectivity index (χ0) is 11.7. The van der Waals surface area contributed by atoms with Gasteiger partial charge in [0.2, 0.25) is 0 Å². The predicted octanol–water partition coefficient (Wildman–Crippen LogP) is 0.296. The van der Waals surface area contributed by atoms with E-state index in [9.17, 15) is 4.79 Å². The number of urea groups is 1. The van der Waals surface area contributed by atoms with Crippen LogP contribution in [0.15, 0.2) is 11.8 Å². The van der Waals surface area contributed by atoms with Crippen molar-refractivity contribution in [2.24, 2.45) is 0 Å². The van der Waals surface area contributed by atoms with Crippen molar-refractivity contribution in [2.45, 2.75) is 20.3 Å². The lowest BCUT2D eigenvalue weighted by Crippen LogP contribution is -2.41. The van der Waals surface area contributed by atoms with Gasteiger partial charge in [0, 0.05) is 19.3 Å². The third kappa shape index (κ3) is 6.09. The number of aliphatic hydroxyl groups is 2. The maximum atomic E-state index is 11.5. The van der Waals surface area contributed by atoms with Crippen molar-refractivity contribution >= 4 is 6.03 Å². The van der Waals surface area contributed by atoms with Crippen molar-refractivity contribution in [3.05, 3.63) is 11.8 Å². The summed E-state index contributed by atoms with van der Waals surface area (Å²) in [6, 6.07) is -0.300. The van der Waals surface area contributed by atoms with Crippen LogP contribution < -0.4 is 5.32 Å². The Kier molecular flexibility index (Phi) is 7.67. The third-order valence-electron chi connectivity index (χ3n) is 2.03. The number of hydrogen-bond acceptors (Lipinski definition) is 3. The summed E-state index contributed by atoms with van der Waals surface area (Å²) in [4.78, 5) is 12.9. The number of carbonyl (C=O) groups excluding carboxylic acids is 1. The topological polar surface area (TPSA) is 72.8 Å². The van der Waals surface area contributed by atoms with Crippen LogP contribution >= 0.6 is 0 Å². The molecule has 0 aromatic heterocycles. The molecule has 0 saturated heterocycles. The molecule has 0 aliphatic rings. The Hall–Kier alpha value is -1.07. The summed E-state index contributed by atoms with van der Waals surface area (Å²) in [6.07, 6.45) is 2.52. The fraction of sp³-hybridized carbons (Fsp3) is 0.700. The Morgan fingerprint density at radius 3 is 2.27 bits per heavy atom. The average molecular weight is 216 g/mol. The van der Waals surface area contributed by atoms with Crippen LogP contribution in [0.1, 0.15) is 20.3 Å². The summed E-state index contributed by atoms with van der Waals surface area (Å²) in [5, 5.41) is 20.0. The van der Waals surface area contributed by atoms with Crippen LogP contribution in [0.3, 0.4) is 0 Å². The van der Waals surface area contributed by atoms with Crippen LogP contribution in [0.5, 0.6) is 0 Å². The highest BCUT2D eigenvalue weighted by atomic mass is 16.3. The summed E-state index contributed by atoms with van der Waals surface area (Å²) in [5.74, 6) is 0. The molecular weight excluding hydrogens is 196 g/mol. The van der Waals surface area contributed by atoms with Crippen molar-refractivity contribution in [3.8, 4) is 0 Å². The molecule has 2 amide bonds. The Morgan fingerprint density at radius 1 is 1.33 bits per heavy atom. The molecule has 0 heterocycles. The monoisotopic (exact) mass is 216 g/mol. The van der Waals surface area contributed by atoms with Gasteiger partial charge in [-0.25, -0.2) is 4.79 Å². The van der Waals surface area contributed by atoms with E-state index < -0.39 is 0 Å². The molecule has 0 aromatic rings. The lowest BCUT2D eigenvalue weighted by Gasteiger charge is -2.20. The van der Waals surface area contributed by atoms with E-state index in [0.717, 1.165) is 12.0 Å². The normalized spacial score (nSPS) is 11.3. The zero-order valence-corrected chi connectivity index (χ0v) is 9.36. The van der Waals surface area contributed by atoms with Crippen LogP contribution in [0, 0.1) is 0 Å². The summed E-state index contributed by atoms with van der Waals surface area (Å²) < 4.78 is 0. The molecule has 88 valence electrons. The molecule has 15 heavy (non-hydrogen) atoms. The lowest BCUT2D eigenvalue weighted by molar-refractivity contribution is 0.161. The number of carbonyl (C=O) groups is 1. The number of aliphatic hydroxyl groups excluding tert-OH is 2. The van der Waals surface area contributed by atoms with E-state index in [4.69, 9.17) is 10.2 Å². The highest BCUT2D eigenvalue weighted by molar-refractivity contribution is 5.75. The second-order valence-electron chi connectivity index (χ2n) is 3.23. The van der Waals surface area contributed by atoms with Gasteiger partial charge in [0.15, 0.2) is 0 Å². The molecule has 0 rings (SSSR count). The van der Waals surface area contributed by atoms with Crippen LogP contribution in [-0.2, 0) is 0 Å². The molecule has 0 fully saturated rings. The van der Waals surface area contributed by atoms with Gasteiger partial charge in [-0.05, 0) is 13.3 Å². The number of rotatable bonds is 6. The number of nitrogens with zero attached hydrogens (tertiary/aromatic N) is 1. The van der Waals surface area contributed by atoms with Gasteiger partial charge in [-0.2, -0.15) is 0 Å². The first kappa shape index (κ1) is 13.9. The maximum absolute atomic E-state index is 11.5. The predicted molar refractivity (Wildman–Crippen MR) is 58.3 cm³/mol. The molecule has 3 N–H and O–H groups in total. The number of hydrogen-bond donors (Lipinski definition) is 3. The molecule has 0 bridgehead atoms. The van der Waals surface area contributed by atoms with E-state index in [1.165, 1.54) is 4.90 Å². The lowest BCUT2D eigenvalue weighted by atomic mass is 10.3. The van der Waals surface area contributed by atoms with Gasteiger partial charge in [0.1, 0.15) is 0 Å². The Bertz CT molecular complexity index is 211. The number of allylic oxidation sites excluding steroid dienone is 1. The van der Waals surface area contributed by atoms with E-state index in [0.29, 0.717) is 0 Å². The number of amides is 2. The molecule has 5 nitrogen and oxygen atoms in total. The van der Waals surface area contributed by atoms with Gasteiger partial charge < -0.3 is 20.4 Å². The second-order valence-corrected chi connectivity index (χ2v) is 3.23. The molecule has 0 aromatic carbocycles. The number of nitrogens with one attached hydrogen (secondary N) is 1. The summed E-state index contributed by atoms with van der Waals surface area (Å²) >= 11 is 0. The standard InChI is InChI=1S/C10H20N2O3/c1-3-9(2)8-11-10(15)12(4-6-13)5-7-14/h8,13-14H,3-7H2,1-2H3,(H,11,15)/b9-8+. The molecule has 0 unspecified atom stereocenters. The summed E-state index contributed by atoms with van der Waals surface area (Å²) in [6.45, 7) is 4.16. The second kappa shape index (κ2) is 8.26. The molecule has 0 saturated carbocycles. The SMILES string of the molecule is CC/C(C)=C/NC(=O)N(CCO)CCO. The van der Waals surface area contributed by atoms with Crippen LogP contribution in [0.25, 0.3) is 0 Å². The molecule has 0 aliphatic carbocycles. The minimum absolute atomic E-state index is 0.107. The minimum atomic E-state index is -0.300. The molecule has 0 aliphatic heterocycles. The largest absolute Gasteiger partial charge is 0.395 e. The minimum Gasteiger partial charge on any atom is -0.395 e. The zero-order valence-electron chi connectivity index (χ0n) is 9.36. The van der Waals surface area contributed by atoms with E-state index >= 15 is 0 Å². The van der Waals surface area contributed by atoms with Crippen molar-refractivity contribution in [3.63, 3.8) is 0 Å².